The maximum atomic E-state index is 13.8. The summed E-state index contributed by atoms with van der Waals surface area (Å²) in [6, 6.07) is 13.2. The number of rotatable bonds is 11. The summed E-state index contributed by atoms with van der Waals surface area (Å²) in [5.74, 6) is 1.83. The van der Waals surface area contributed by atoms with Crippen LogP contribution in [0.15, 0.2) is 47.3 Å². The van der Waals surface area contributed by atoms with Crippen molar-refractivity contribution in [1.29, 1.82) is 0 Å². The van der Waals surface area contributed by atoms with E-state index in [1.54, 1.807) is 12.1 Å². The highest BCUT2D eigenvalue weighted by atomic mass is 16.7. The van der Waals surface area contributed by atoms with Gasteiger partial charge in [0.15, 0.2) is 23.0 Å². The van der Waals surface area contributed by atoms with Crippen LogP contribution < -0.4 is 29.1 Å². The Kier molecular flexibility index (Phi) is 7.82. The molecule has 9 nitrogen and oxygen atoms in total. The van der Waals surface area contributed by atoms with Gasteiger partial charge in [-0.2, -0.15) is 0 Å². The zero-order valence-electron chi connectivity index (χ0n) is 20.9. The molecule has 1 heterocycles. The Morgan fingerprint density at radius 3 is 2.06 bits per heavy atom. The number of methoxy groups -OCH3 is 5. The van der Waals surface area contributed by atoms with Gasteiger partial charge in [0.25, 0.3) is 0 Å². The third-order valence-electron chi connectivity index (χ3n) is 5.81. The SMILES string of the molecule is COCOCc1c(OC)c(OC)c(OC)c2c(=O)c3ccc(OCc4ccccc4)c(OC)c3[nH]c12. The summed E-state index contributed by atoms with van der Waals surface area (Å²) in [6.45, 7) is 0.481. The Morgan fingerprint density at radius 2 is 1.42 bits per heavy atom. The van der Waals surface area contributed by atoms with Crippen molar-refractivity contribution in [1.82, 2.24) is 4.98 Å². The predicted octanol–water partition coefficient (Wildman–Crippen LogP) is 4.42. The van der Waals surface area contributed by atoms with Gasteiger partial charge in [-0.1, -0.05) is 30.3 Å². The fourth-order valence-corrected chi connectivity index (χ4v) is 4.24. The van der Waals surface area contributed by atoms with Crippen molar-refractivity contribution in [3.63, 3.8) is 0 Å². The quantitative estimate of drug-likeness (QED) is 0.186. The number of ether oxygens (including phenoxy) is 7. The number of fused-ring (bicyclic) bond motifs is 2. The van der Waals surface area contributed by atoms with Gasteiger partial charge in [-0.05, 0) is 17.7 Å². The van der Waals surface area contributed by atoms with Gasteiger partial charge in [-0.3, -0.25) is 4.79 Å². The van der Waals surface area contributed by atoms with E-state index in [2.05, 4.69) is 4.98 Å². The maximum Gasteiger partial charge on any atom is 0.204 e. The molecule has 0 aliphatic heterocycles. The van der Waals surface area contributed by atoms with E-state index in [-0.39, 0.29) is 24.6 Å². The molecule has 3 aromatic carbocycles. The molecule has 0 bridgehead atoms. The fourth-order valence-electron chi connectivity index (χ4n) is 4.24. The average molecular weight is 496 g/mol. The number of nitrogens with one attached hydrogen (secondary N) is 1. The molecule has 9 heteroatoms. The molecule has 0 unspecified atom stereocenters. The minimum absolute atomic E-state index is 0.0532. The highest BCUT2D eigenvalue weighted by Crippen LogP contribution is 2.46. The van der Waals surface area contributed by atoms with Gasteiger partial charge >= 0.3 is 0 Å². The molecule has 0 saturated carbocycles. The summed E-state index contributed by atoms with van der Waals surface area (Å²) in [5.41, 5.74) is 2.25. The second-order valence-corrected chi connectivity index (χ2v) is 7.83. The molecule has 0 radical (unpaired) electrons. The first-order chi connectivity index (χ1) is 17.6. The molecule has 0 aliphatic rings. The molecular formula is C27H29NO8. The third-order valence-corrected chi connectivity index (χ3v) is 5.81. The van der Waals surface area contributed by atoms with Gasteiger partial charge < -0.3 is 38.1 Å². The standard InChI is InChI=1S/C27H29NO8/c1-30-15-35-14-18-21-20(26(33-4)27(34-5)24(18)31-2)23(29)17-11-12-19(25(32-3)22(17)28-21)36-13-16-9-7-6-8-10-16/h6-12H,13-15H2,1-5H3,(H,28,29). The van der Waals surface area contributed by atoms with E-state index in [0.717, 1.165) is 5.56 Å². The van der Waals surface area contributed by atoms with Crippen LogP contribution in [0.3, 0.4) is 0 Å². The Labute approximate surface area is 208 Å². The summed E-state index contributed by atoms with van der Waals surface area (Å²) in [5, 5.41) is 0.708. The number of hydrogen-bond acceptors (Lipinski definition) is 8. The van der Waals surface area contributed by atoms with E-state index in [1.165, 1.54) is 35.5 Å². The lowest BCUT2D eigenvalue weighted by atomic mass is 10.0. The fraction of sp³-hybridized carbons (Fsp3) is 0.296. The smallest absolute Gasteiger partial charge is 0.204 e. The molecule has 4 aromatic rings. The summed E-state index contributed by atoms with van der Waals surface area (Å²) >= 11 is 0. The summed E-state index contributed by atoms with van der Waals surface area (Å²) in [7, 11) is 7.53. The zero-order valence-corrected chi connectivity index (χ0v) is 20.9. The lowest BCUT2D eigenvalue weighted by Crippen LogP contribution is -2.12. The molecule has 0 amide bonds. The van der Waals surface area contributed by atoms with Crippen LogP contribution in [0, 0.1) is 0 Å². The van der Waals surface area contributed by atoms with Crippen molar-refractivity contribution >= 4 is 21.8 Å². The van der Waals surface area contributed by atoms with Crippen LogP contribution >= 0.6 is 0 Å². The van der Waals surface area contributed by atoms with Crippen molar-refractivity contribution in [3.8, 4) is 28.7 Å². The van der Waals surface area contributed by atoms with Gasteiger partial charge in [0.1, 0.15) is 13.4 Å². The lowest BCUT2D eigenvalue weighted by molar-refractivity contribution is -0.0392. The number of benzene rings is 3. The van der Waals surface area contributed by atoms with E-state index < -0.39 is 0 Å². The molecule has 0 spiro atoms. The van der Waals surface area contributed by atoms with Gasteiger partial charge in [0.05, 0.1) is 56.9 Å². The third kappa shape index (κ3) is 4.50. The summed E-state index contributed by atoms with van der Waals surface area (Å²) in [4.78, 5) is 17.2. The largest absolute Gasteiger partial charge is 0.492 e. The second-order valence-electron chi connectivity index (χ2n) is 7.83. The van der Waals surface area contributed by atoms with Crippen LogP contribution in [0.2, 0.25) is 0 Å². The summed E-state index contributed by atoms with van der Waals surface area (Å²) in [6.07, 6.45) is 0. The van der Waals surface area contributed by atoms with Crippen molar-refractivity contribution in [2.75, 3.05) is 42.3 Å². The van der Waals surface area contributed by atoms with Crippen molar-refractivity contribution in [2.24, 2.45) is 0 Å². The number of hydrogen-bond donors (Lipinski definition) is 1. The highest BCUT2D eigenvalue weighted by molar-refractivity contribution is 6.02. The molecule has 0 atom stereocenters. The van der Waals surface area contributed by atoms with Crippen molar-refractivity contribution in [3.05, 3.63) is 63.8 Å². The van der Waals surface area contributed by atoms with Crippen LogP contribution in [0.5, 0.6) is 28.7 Å². The highest BCUT2D eigenvalue weighted by Gasteiger charge is 2.26. The summed E-state index contributed by atoms with van der Waals surface area (Å²) < 4.78 is 39.3. The van der Waals surface area contributed by atoms with Gasteiger partial charge in [0, 0.05) is 12.7 Å². The number of aromatic nitrogens is 1. The van der Waals surface area contributed by atoms with E-state index in [9.17, 15) is 4.79 Å². The second kappa shape index (κ2) is 11.2. The van der Waals surface area contributed by atoms with E-state index in [4.69, 9.17) is 33.2 Å². The van der Waals surface area contributed by atoms with Gasteiger partial charge in [-0.15, -0.1) is 0 Å². The maximum absolute atomic E-state index is 13.8. The van der Waals surface area contributed by atoms with Crippen molar-refractivity contribution in [2.45, 2.75) is 13.2 Å². The van der Waals surface area contributed by atoms with Crippen LogP contribution in [-0.2, 0) is 22.7 Å². The molecule has 36 heavy (non-hydrogen) atoms. The molecule has 4 rings (SSSR count). The monoisotopic (exact) mass is 495 g/mol. The Balaban J connectivity index is 1.98. The van der Waals surface area contributed by atoms with Crippen LogP contribution in [-0.4, -0.2) is 47.3 Å². The van der Waals surface area contributed by atoms with Gasteiger partial charge in [0.2, 0.25) is 11.2 Å². The predicted molar refractivity (Wildman–Crippen MR) is 136 cm³/mol. The van der Waals surface area contributed by atoms with Crippen LogP contribution in [0.1, 0.15) is 11.1 Å². The normalized spacial score (nSPS) is 11.0. The van der Waals surface area contributed by atoms with E-state index >= 15 is 0 Å². The molecule has 190 valence electrons. The number of pyridine rings is 1. The molecule has 0 fully saturated rings. The van der Waals surface area contributed by atoms with Crippen LogP contribution in [0.4, 0.5) is 0 Å². The molecule has 1 aromatic heterocycles. The topological polar surface area (TPSA) is 97.5 Å². The Hall–Kier alpha value is -3.95. The molecule has 0 saturated heterocycles. The average Bonchev–Trinajstić information content (AvgIpc) is 2.91. The first-order valence-electron chi connectivity index (χ1n) is 11.2. The molecule has 0 aliphatic carbocycles. The van der Waals surface area contributed by atoms with Crippen LogP contribution in [0.25, 0.3) is 21.8 Å². The first kappa shape index (κ1) is 25.2. The van der Waals surface area contributed by atoms with E-state index in [1.807, 2.05) is 30.3 Å². The van der Waals surface area contributed by atoms with Gasteiger partial charge in [-0.25, -0.2) is 0 Å². The number of H-pyrrole nitrogens is 1. The molecule has 1 N–H and O–H groups in total. The number of aromatic amines is 1. The molecular weight excluding hydrogens is 466 g/mol. The van der Waals surface area contributed by atoms with Crippen molar-refractivity contribution < 1.29 is 33.2 Å². The first-order valence-corrected chi connectivity index (χ1v) is 11.2. The lowest BCUT2D eigenvalue weighted by Gasteiger charge is -2.20. The minimum atomic E-state index is -0.266. The Morgan fingerprint density at radius 1 is 0.722 bits per heavy atom. The zero-order chi connectivity index (χ0) is 25.7. The minimum Gasteiger partial charge on any atom is -0.492 e. The Bertz CT molecular complexity index is 1420. The van der Waals surface area contributed by atoms with E-state index in [0.29, 0.717) is 57.0 Å².